The van der Waals surface area contributed by atoms with Crippen molar-refractivity contribution in [1.82, 2.24) is 0 Å². The molecule has 1 nitrogen and oxygen atoms in total. The fourth-order valence-corrected chi connectivity index (χ4v) is 8.20. The van der Waals surface area contributed by atoms with Crippen molar-refractivity contribution < 1.29 is 4.74 Å². The van der Waals surface area contributed by atoms with Crippen LogP contribution in [0.3, 0.4) is 0 Å². The minimum Gasteiger partial charge on any atom is -0.381 e. The molecule has 0 saturated heterocycles. The predicted molar refractivity (Wildman–Crippen MR) is 151 cm³/mol. The van der Waals surface area contributed by atoms with Crippen LogP contribution in [0, 0.1) is 47.3 Å². The second kappa shape index (κ2) is 13.8. The largest absolute Gasteiger partial charge is 0.381 e. The molecule has 4 rings (SSSR count). The zero-order valence-electron chi connectivity index (χ0n) is 23.9. The van der Waals surface area contributed by atoms with E-state index < -0.39 is 0 Å². The molecule has 0 aromatic carbocycles. The van der Waals surface area contributed by atoms with Crippen LogP contribution >= 0.6 is 0 Å². The van der Waals surface area contributed by atoms with Crippen LogP contribution in [-0.2, 0) is 4.74 Å². The lowest BCUT2D eigenvalue weighted by Gasteiger charge is -2.37. The quantitative estimate of drug-likeness (QED) is 0.222. The minimum atomic E-state index is 0.888. The highest BCUT2D eigenvalue weighted by molar-refractivity contribution is 5.08. The van der Waals surface area contributed by atoms with Gasteiger partial charge in [-0.15, -0.1) is 0 Å². The SMILES string of the molecule is CC(C)C1CCC(C2CC=C(CCOCCC3=CCC(C4CCC(C(C)C)CC4)CC3)CC2)CC1. The van der Waals surface area contributed by atoms with Gasteiger partial charge < -0.3 is 4.74 Å². The van der Waals surface area contributed by atoms with Gasteiger partial charge in [0.1, 0.15) is 0 Å². The van der Waals surface area contributed by atoms with Gasteiger partial charge in [0, 0.05) is 0 Å². The van der Waals surface area contributed by atoms with E-state index in [-0.39, 0.29) is 0 Å². The van der Waals surface area contributed by atoms with Crippen molar-refractivity contribution in [3.63, 3.8) is 0 Å². The maximum Gasteiger partial charge on any atom is 0.0503 e. The highest BCUT2D eigenvalue weighted by Gasteiger charge is 2.30. The third-order valence-corrected chi connectivity index (χ3v) is 11.1. The first-order valence-corrected chi connectivity index (χ1v) is 15.9. The summed E-state index contributed by atoms with van der Waals surface area (Å²) in [5.74, 6) is 7.74. The molecule has 4 aliphatic carbocycles. The van der Waals surface area contributed by atoms with Crippen molar-refractivity contribution >= 4 is 0 Å². The van der Waals surface area contributed by atoms with Crippen LogP contribution in [0.5, 0.6) is 0 Å². The Balaban J connectivity index is 1.05. The van der Waals surface area contributed by atoms with Gasteiger partial charge in [0.15, 0.2) is 0 Å². The molecule has 0 spiro atoms. The molecule has 0 bridgehead atoms. The molecule has 4 aliphatic rings. The van der Waals surface area contributed by atoms with E-state index in [0.717, 1.165) is 60.6 Å². The van der Waals surface area contributed by atoms with Gasteiger partial charge in [-0.3, -0.25) is 0 Å². The second-order valence-electron chi connectivity index (χ2n) is 13.7. The number of hydrogen-bond acceptors (Lipinski definition) is 1. The van der Waals surface area contributed by atoms with Crippen molar-refractivity contribution in [3.8, 4) is 0 Å². The molecule has 200 valence electrons. The Labute approximate surface area is 218 Å². The fourth-order valence-electron chi connectivity index (χ4n) is 8.20. The van der Waals surface area contributed by atoms with E-state index >= 15 is 0 Å². The Kier molecular flexibility index (Phi) is 10.9. The van der Waals surface area contributed by atoms with Gasteiger partial charge >= 0.3 is 0 Å². The van der Waals surface area contributed by atoms with E-state index in [4.69, 9.17) is 4.74 Å². The van der Waals surface area contributed by atoms with Crippen LogP contribution in [0.15, 0.2) is 23.3 Å². The van der Waals surface area contributed by atoms with Gasteiger partial charge in [0.2, 0.25) is 0 Å². The lowest BCUT2D eigenvalue weighted by atomic mass is 9.69. The highest BCUT2D eigenvalue weighted by atomic mass is 16.5. The summed E-state index contributed by atoms with van der Waals surface area (Å²) in [4.78, 5) is 0. The van der Waals surface area contributed by atoms with Crippen LogP contribution in [0.25, 0.3) is 0 Å². The highest BCUT2D eigenvalue weighted by Crippen LogP contribution is 2.43. The Morgan fingerprint density at radius 3 is 1.29 bits per heavy atom. The Bertz CT molecular complexity index is 611. The number of ether oxygens (including phenoxy) is 1. The molecule has 2 unspecified atom stereocenters. The molecule has 2 atom stereocenters. The molecule has 35 heavy (non-hydrogen) atoms. The monoisotopic (exact) mass is 482 g/mol. The van der Waals surface area contributed by atoms with E-state index in [1.54, 1.807) is 11.1 Å². The van der Waals surface area contributed by atoms with E-state index in [2.05, 4.69) is 39.8 Å². The third kappa shape index (κ3) is 8.21. The summed E-state index contributed by atoms with van der Waals surface area (Å²) in [7, 11) is 0. The molecule has 0 amide bonds. The lowest BCUT2D eigenvalue weighted by Crippen LogP contribution is -2.25. The maximum absolute atomic E-state index is 6.11. The van der Waals surface area contributed by atoms with Crippen LogP contribution in [0.2, 0.25) is 0 Å². The van der Waals surface area contributed by atoms with E-state index in [1.165, 1.54) is 103 Å². The van der Waals surface area contributed by atoms with Crippen LogP contribution < -0.4 is 0 Å². The normalized spacial score (nSPS) is 34.7. The molecule has 0 heterocycles. The van der Waals surface area contributed by atoms with Crippen molar-refractivity contribution in [3.05, 3.63) is 23.3 Å². The van der Waals surface area contributed by atoms with Gasteiger partial charge in [-0.25, -0.2) is 0 Å². The smallest absolute Gasteiger partial charge is 0.0503 e. The average molecular weight is 483 g/mol. The van der Waals surface area contributed by atoms with Crippen molar-refractivity contribution in [2.45, 2.75) is 130 Å². The summed E-state index contributed by atoms with van der Waals surface area (Å²) in [5, 5.41) is 0. The predicted octanol–water partition coefficient (Wildman–Crippen LogP) is 10.2. The van der Waals surface area contributed by atoms with Gasteiger partial charge in [-0.2, -0.15) is 0 Å². The fraction of sp³-hybridized carbons (Fsp3) is 0.882. The molecule has 0 aromatic heterocycles. The molecular weight excluding hydrogens is 424 g/mol. The summed E-state index contributed by atoms with van der Waals surface area (Å²) >= 11 is 0. The van der Waals surface area contributed by atoms with Crippen LogP contribution in [0.4, 0.5) is 0 Å². The summed E-state index contributed by atoms with van der Waals surface area (Å²) in [6.07, 6.45) is 27.7. The topological polar surface area (TPSA) is 9.23 Å². The molecule has 0 aliphatic heterocycles. The molecule has 2 fully saturated rings. The molecule has 2 saturated carbocycles. The van der Waals surface area contributed by atoms with Gasteiger partial charge in [0.05, 0.1) is 13.2 Å². The third-order valence-electron chi connectivity index (χ3n) is 11.1. The molecule has 0 radical (unpaired) electrons. The van der Waals surface area contributed by atoms with Gasteiger partial charge in [-0.1, -0.05) is 51.0 Å². The minimum absolute atomic E-state index is 0.888. The summed E-state index contributed by atoms with van der Waals surface area (Å²) in [6.45, 7) is 11.6. The van der Waals surface area contributed by atoms with E-state index in [1.807, 2.05) is 0 Å². The van der Waals surface area contributed by atoms with Gasteiger partial charge in [-0.05, 0) is 150 Å². The van der Waals surface area contributed by atoms with Crippen molar-refractivity contribution in [1.29, 1.82) is 0 Å². The molecule has 0 aromatic rings. The van der Waals surface area contributed by atoms with Crippen LogP contribution in [0.1, 0.15) is 130 Å². The molecule has 0 N–H and O–H groups in total. The molecule has 1 heteroatoms. The number of hydrogen-bond donors (Lipinski definition) is 0. The zero-order valence-corrected chi connectivity index (χ0v) is 23.9. The lowest BCUT2D eigenvalue weighted by molar-refractivity contribution is 0.134. The van der Waals surface area contributed by atoms with Crippen molar-refractivity contribution in [2.24, 2.45) is 47.3 Å². The average Bonchev–Trinajstić information content (AvgIpc) is 2.89. The Morgan fingerprint density at radius 1 is 0.571 bits per heavy atom. The van der Waals surface area contributed by atoms with Gasteiger partial charge in [0.25, 0.3) is 0 Å². The Morgan fingerprint density at radius 2 is 0.971 bits per heavy atom. The summed E-state index contributed by atoms with van der Waals surface area (Å²) in [5.41, 5.74) is 3.37. The second-order valence-corrected chi connectivity index (χ2v) is 13.7. The first kappa shape index (κ1) is 27.5. The van der Waals surface area contributed by atoms with E-state index in [0.29, 0.717) is 0 Å². The standard InChI is InChI=1S/C34H58O/c1-25(2)29-13-17-33(18-14-29)31-9-5-27(6-10-31)21-23-35-24-22-28-7-11-32(12-8-28)34-19-15-30(16-20-34)26(3)4/h5,7,25-26,29-34H,6,8-24H2,1-4H3. The first-order valence-electron chi connectivity index (χ1n) is 15.9. The van der Waals surface area contributed by atoms with E-state index in [9.17, 15) is 0 Å². The van der Waals surface area contributed by atoms with Crippen molar-refractivity contribution in [2.75, 3.05) is 13.2 Å². The summed E-state index contributed by atoms with van der Waals surface area (Å²) < 4.78 is 6.11. The summed E-state index contributed by atoms with van der Waals surface area (Å²) in [6, 6.07) is 0. The zero-order chi connectivity index (χ0) is 24.6. The molecular formula is C34H58O. The number of rotatable bonds is 10. The first-order chi connectivity index (χ1) is 17.0. The number of allylic oxidation sites excluding steroid dienone is 2. The maximum atomic E-state index is 6.11. The van der Waals surface area contributed by atoms with Crippen LogP contribution in [-0.4, -0.2) is 13.2 Å². The Hall–Kier alpha value is -0.560.